The van der Waals surface area contributed by atoms with E-state index in [4.69, 9.17) is 9.47 Å². The van der Waals surface area contributed by atoms with Crippen LogP contribution in [0.5, 0.6) is 5.75 Å². The molecule has 128 valence electrons. The van der Waals surface area contributed by atoms with Crippen molar-refractivity contribution in [3.8, 4) is 5.75 Å². The Kier molecular flexibility index (Phi) is 5.68. The molecule has 5 nitrogen and oxygen atoms in total. The molecular formula is C19H24N2O3. The van der Waals surface area contributed by atoms with Crippen LogP contribution in [-0.4, -0.2) is 18.8 Å². The summed E-state index contributed by atoms with van der Waals surface area (Å²) in [6.07, 6.45) is -0.490. The highest BCUT2D eigenvalue weighted by molar-refractivity contribution is 5.90. The molecule has 2 N–H and O–H groups in total. The van der Waals surface area contributed by atoms with Crippen LogP contribution in [0.25, 0.3) is 0 Å². The van der Waals surface area contributed by atoms with Gasteiger partial charge < -0.3 is 14.8 Å². The van der Waals surface area contributed by atoms with Crippen molar-refractivity contribution in [1.29, 1.82) is 0 Å². The Morgan fingerprint density at radius 1 is 1.04 bits per heavy atom. The molecule has 0 unspecified atom stereocenters. The van der Waals surface area contributed by atoms with E-state index in [1.165, 1.54) is 0 Å². The fourth-order valence-electron chi connectivity index (χ4n) is 2.11. The van der Waals surface area contributed by atoms with Gasteiger partial charge in [-0.3, -0.25) is 5.32 Å². The lowest BCUT2D eigenvalue weighted by Crippen LogP contribution is -2.27. The number of amides is 1. The van der Waals surface area contributed by atoms with Crippen LogP contribution in [0.3, 0.4) is 0 Å². The smallest absolute Gasteiger partial charge is 0.412 e. The quantitative estimate of drug-likeness (QED) is 0.838. The molecular weight excluding hydrogens is 304 g/mol. The fourth-order valence-corrected chi connectivity index (χ4v) is 2.11. The average Bonchev–Trinajstić information content (AvgIpc) is 2.53. The lowest BCUT2D eigenvalue weighted by atomic mass is 10.2. The highest BCUT2D eigenvalue weighted by atomic mass is 16.6. The van der Waals surface area contributed by atoms with Crippen molar-refractivity contribution in [2.24, 2.45) is 0 Å². The van der Waals surface area contributed by atoms with Gasteiger partial charge in [0.15, 0.2) is 0 Å². The number of hydrogen-bond acceptors (Lipinski definition) is 4. The van der Waals surface area contributed by atoms with Gasteiger partial charge in [0.2, 0.25) is 0 Å². The SMILES string of the molecule is COc1ccc(NC(=O)OC(C)(C)C)c(NCc2ccccc2)c1. The van der Waals surface area contributed by atoms with Gasteiger partial charge in [-0.25, -0.2) is 4.79 Å². The van der Waals surface area contributed by atoms with Gasteiger partial charge in [0.25, 0.3) is 0 Å². The zero-order chi connectivity index (χ0) is 17.6. The minimum atomic E-state index is -0.547. The maximum absolute atomic E-state index is 12.0. The third-order valence-electron chi connectivity index (χ3n) is 3.19. The third-order valence-corrected chi connectivity index (χ3v) is 3.19. The van der Waals surface area contributed by atoms with Crippen LogP contribution in [0.15, 0.2) is 48.5 Å². The summed E-state index contributed by atoms with van der Waals surface area (Å²) in [5.41, 5.74) is 2.00. The van der Waals surface area contributed by atoms with Crippen LogP contribution >= 0.6 is 0 Å². The zero-order valence-corrected chi connectivity index (χ0v) is 14.6. The first-order chi connectivity index (χ1) is 11.4. The normalized spacial score (nSPS) is 10.8. The van der Waals surface area contributed by atoms with E-state index in [0.29, 0.717) is 18.0 Å². The van der Waals surface area contributed by atoms with Crippen LogP contribution in [0.1, 0.15) is 26.3 Å². The Bertz CT molecular complexity index is 679. The van der Waals surface area contributed by atoms with E-state index in [-0.39, 0.29) is 0 Å². The number of anilines is 2. The monoisotopic (exact) mass is 328 g/mol. The van der Waals surface area contributed by atoms with Crippen molar-refractivity contribution in [3.63, 3.8) is 0 Å². The zero-order valence-electron chi connectivity index (χ0n) is 14.6. The molecule has 1 amide bonds. The fraction of sp³-hybridized carbons (Fsp3) is 0.316. The second-order valence-electron chi connectivity index (χ2n) is 6.38. The number of rotatable bonds is 5. The first kappa shape index (κ1) is 17.7. The van der Waals surface area contributed by atoms with Gasteiger partial charge in [-0.1, -0.05) is 30.3 Å². The number of carbonyl (C=O) groups excluding carboxylic acids is 1. The summed E-state index contributed by atoms with van der Waals surface area (Å²) in [7, 11) is 1.61. The topological polar surface area (TPSA) is 59.6 Å². The van der Waals surface area contributed by atoms with Gasteiger partial charge >= 0.3 is 6.09 Å². The highest BCUT2D eigenvalue weighted by Gasteiger charge is 2.17. The average molecular weight is 328 g/mol. The summed E-state index contributed by atoms with van der Waals surface area (Å²) in [4.78, 5) is 12.0. The maximum Gasteiger partial charge on any atom is 0.412 e. The minimum Gasteiger partial charge on any atom is -0.497 e. The van der Waals surface area contributed by atoms with E-state index in [1.807, 2.05) is 57.2 Å². The van der Waals surface area contributed by atoms with E-state index in [0.717, 1.165) is 11.3 Å². The molecule has 24 heavy (non-hydrogen) atoms. The molecule has 0 atom stereocenters. The summed E-state index contributed by atoms with van der Waals surface area (Å²) >= 11 is 0. The van der Waals surface area contributed by atoms with Gasteiger partial charge in [-0.15, -0.1) is 0 Å². The van der Waals surface area contributed by atoms with Crippen LogP contribution in [0, 0.1) is 0 Å². The van der Waals surface area contributed by atoms with Gasteiger partial charge in [-0.05, 0) is 38.5 Å². The van der Waals surface area contributed by atoms with E-state index in [1.54, 1.807) is 19.2 Å². The molecule has 0 aliphatic heterocycles. The summed E-state index contributed by atoms with van der Waals surface area (Å²) in [5, 5.41) is 6.10. The molecule has 0 fully saturated rings. The first-order valence-electron chi connectivity index (χ1n) is 7.83. The molecule has 2 rings (SSSR count). The van der Waals surface area contributed by atoms with E-state index in [2.05, 4.69) is 10.6 Å². The molecule has 2 aromatic carbocycles. The number of ether oxygens (including phenoxy) is 2. The summed E-state index contributed by atoms with van der Waals surface area (Å²) in [5.74, 6) is 0.709. The van der Waals surface area contributed by atoms with Crippen molar-refractivity contribution in [3.05, 3.63) is 54.1 Å². The van der Waals surface area contributed by atoms with Crippen molar-refractivity contribution in [2.45, 2.75) is 32.9 Å². The third kappa shape index (κ3) is 5.50. The van der Waals surface area contributed by atoms with Crippen molar-refractivity contribution in [1.82, 2.24) is 0 Å². The Balaban J connectivity index is 2.13. The van der Waals surface area contributed by atoms with Crippen LogP contribution < -0.4 is 15.4 Å². The number of carbonyl (C=O) groups is 1. The number of benzene rings is 2. The Morgan fingerprint density at radius 2 is 1.75 bits per heavy atom. The first-order valence-corrected chi connectivity index (χ1v) is 7.83. The molecule has 0 saturated carbocycles. The lowest BCUT2D eigenvalue weighted by Gasteiger charge is -2.21. The molecule has 0 heterocycles. The Hall–Kier alpha value is -2.69. The number of methoxy groups -OCH3 is 1. The van der Waals surface area contributed by atoms with Gasteiger partial charge in [0, 0.05) is 12.6 Å². The maximum atomic E-state index is 12.0. The van der Waals surface area contributed by atoms with Crippen molar-refractivity contribution in [2.75, 3.05) is 17.7 Å². The molecule has 0 aliphatic carbocycles. The molecule has 0 aromatic heterocycles. The lowest BCUT2D eigenvalue weighted by molar-refractivity contribution is 0.0636. The molecule has 0 bridgehead atoms. The second-order valence-corrected chi connectivity index (χ2v) is 6.38. The van der Waals surface area contributed by atoms with E-state index >= 15 is 0 Å². The highest BCUT2D eigenvalue weighted by Crippen LogP contribution is 2.28. The Morgan fingerprint density at radius 3 is 2.38 bits per heavy atom. The van der Waals surface area contributed by atoms with E-state index in [9.17, 15) is 4.79 Å². The van der Waals surface area contributed by atoms with Crippen LogP contribution in [0.2, 0.25) is 0 Å². The van der Waals surface area contributed by atoms with Crippen molar-refractivity contribution >= 4 is 17.5 Å². The molecule has 0 aliphatic rings. The van der Waals surface area contributed by atoms with Crippen LogP contribution in [0.4, 0.5) is 16.2 Å². The summed E-state index contributed by atoms with van der Waals surface area (Å²) in [6.45, 7) is 6.12. The van der Waals surface area contributed by atoms with Gasteiger partial charge in [0.1, 0.15) is 11.4 Å². The predicted molar refractivity (Wildman–Crippen MR) is 96.6 cm³/mol. The van der Waals surface area contributed by atoms with Gasteiger partial charge in [0.05, 0.1) is 18.5 Å². The summed E-state index contributed by atoms with van der Waals surface area (Å²) in [6, 6.07) is 15.4. The largest absolute Gasteiger partial charge is 0.497 e. The molecule has 5 heteroatoms. The predicted octanol–water partition coefficient (Wildman–Crippen LogP) is 4.65. The summed E-state index contributed by atoms with van der Waals surface area (Å²) < 4.78 is 10.6. The minimum absolute atomic E-state index is 0.490. The molecule has 0 spiro atoms. The number of hydrogen-bond donors (Lipinski definition) is 2. The number of nitrogens with one attached hydrogen (secondary N) is 2. The van der Waals surface area contributed by atoms with Gasteiger partial charge in [-0.2, -0.15) is 0 Å². The standard InChI is InChI=1S/C19H24N2O3/c1-19(2,3)24-18(22)21-16-11-10-15(23-4)12-17(16)20-13-14-8-6-5-7-9-14/h5-12,20H,13H2,1-4H3,(H,21,22). The van der Waals surface area contributed by atoms with Crippen LogP contribution in [-0.2, 0) is 11.3 Å². The van der Waals surface area contributed by atoms with Crippen molar-refractivity contribution < 1.29 is 14.3 Å². The second kappa shape index (κ2) is 7.73. The van der Waals surface area contributed by atoms with E-state index < -0.39 is 11.7 Å². The molecule has 2 aromatic rings. The Labute approximate surface area is 143 Å². The molecule has 0 radical (unpaired) electrons. The molecule has 0 saturated heterocycles.